The van der Waals surface area contributed by atoms with Gasteiger partial charge in [-0.1, -0.05) is 140 Å². The number of fused-ring (bicyclic) bond motifs is 1. The standard InChI is InChI=1S/C38H60N3O6P/c1-3-4-5-6-7-8-9-10-11-12-13-14-15-16-17-20-28-44-29-30-46-48(43,47-36-25-21-23-34-22-18-19-24-35(34)36)32-45-33(2)31-41-27-26-37(39)40-38(41)42/h18-19,21-27,33H,3-17,20,28-32H2,1-2H3,(H2,39,40,42). The highest BCUT2D eigenvalue weighted by molar-refractivity contribution is 7.54. The second-order valence-corrected chi connectivity index (χ2v) is 14.7. The fourth-order valence-electron chi connectivity index (χ4n) is 5.73. The molecule has 0 saturated carbocycles. The molecular weight excluding hydrogens is 625 g/mol. The SMILES string of the molecule is CCCCCCCCCCCCCCCCCCOCCOP(=O)(COC(C)Cn1ccc(N)nc1=O)Oc1cccc2ccccc12. The lowest BCUT2D eigenvalue weighted by molar-refractivity contribution is 0.0613. The molecule has 9 nitrogen and oxygen atoms in total. The highest BCUT2D eigenvalue weighted by Crippen LogP contribution is 2.50. The fraction of sp³-hybridized carbons (Fsp3) is 0.632. The third kappa shape index (κ3) is 16.1. The number of ether oxygens (including phenoxy) is 2. The van der Waals surface area contributed by atoms with E-state index in [1.807, 2.05) is 36.4 Å². The first-order valence-corrected chi connectivity index (χ1v) is 20.1. The zero-order valence-corrected chi connectivity index (χ0v) is 30.4. The zero-order chi connectivity index (χ0) is 34.3. The molecule has 48 heavy (non-hydrogen) atoms. The van der Waals surface area contributed by atoms with Crippen molar-refractivity contribution in [2.45, 2.75) is 129 Å². The van der Waals surface area contributed by atoms with E-state index in [-0.39, 0.29) is 25.3 Å². The molecule has 1 aromatic heterocycles. The molecule has 2 unspecified atom stereocenters. The van der Waals surface area contributed by atoms with Crippen LogP contribution in [0.4, 0.5) is 5.82 Å². The maximum atomic E-state index is 14.0. The van der Waals surface area contributed by atoms with Gasteiger partial charge in [-0.05, 0) is 30.9 Å². The van der Waals surface area contributed by atoms with Gasteiger partial charge in [-0.3, -0.25) is 9.09 Å². The summed E-state index contributed by atoms with van der Waals surface area (Å²) < 4.78 is 39.0. The summed E-state index contributed by atoms with van der Waals surface area (Å²) in [6, 6.07) is 14.9. The second kappa shape index (κ2) is 23.6. The molecule has 0 amide bonds. The van der Waals surface area contributed by atoms with Crippen LogP contribution in [0.3, 0.4) is 0 Å². The minimum atomic E-state index is -3.74. The van der Waals surface area contributed by atoms with Crippen molar-refractivity contribution in [2.24, 2.45) is 0 Å². The largest absolute Gasteiger partial charge is 0.422 e. The number of hydrogen-bond acceptors (Lipinski definition) is 8. The average molecular weight is 686 g/mol. The number of unbranched alkanes of at least 4 members (excludes halogenated alkanes) is 15. The van der Waals surface area contributed by atoms with E-state index in [4.69, 9.17) is 24.3 Å². The van der Waals surface area contributed by atoms with Crippen LogP contribution in [0.1, 0.15) is 117 Å². The van der Waals surface area contributed by atoms with Gasteiger partial charge in [0.05, 0.1) is 25.9 Å². The summed E-state index contributed by atoms with van der Waals surface area (Å²) in [6.07, 6.45) is 22.1. The van der Waals surface area contributed by atoms with E-state index in [2.05, 4.69) is 11.9 Å². The molecule has 3 aromatic rings. The predicted molar refractivity (Wildman–Crippen MR) is 197 cm³/mol. The maximum absolute atomic E-state index is 14.0. The van der Waals surface area contributed by atoms with Gasteiger partial charge in [0, 0.05) is 18.2 Å². The molecule has 0 aliphatic carbocycles. The van der Waals surface area contributed by atoms with Crippen molar-refractivity contribution in [3.8, 4) is 5.75 Å². The van der Waals surface area contributed by atoms with E-state index in [1.165, 1.54) is 94.5 Å². The lowest BCUT2D eigenvalue weighted by Crippen LogP contribution is -2.29. The first-order chi connectivity index (χ1) is 23.4. The molecule has 0 saturated heterocycles. The number of benzene rings is 2. The Hall–Kier alpha value is -2.71. The summed E-state index contributed by atoms with van der Waals surface area (Å²) in [6.45, 7) is 5.34. The Morgan fingerprint density at radius 1 is 0.771 bits per heavy atom. The van der Waals surface area contributed by atoms with Crippen molar-refractivity contribution in [2.75, 3.05) is 31.9 Å². The van der Waals surface area contributed by atoms with E-state index in [0.717, 1.165) is 23.6 Å². The lowest BCUT2D eigenvalue weighted by atomic mass is 10.0. The van der Waals surface area contributed by atoms with E-state index in [1.54, 1.807) is 25.3 Å². The van der Waals surface area contributed by atoms with Crippen LogP contribution in [0.15, 0.2) is 59.5 Å². The smallest absolute Gasteiger partial charge is 0.404 e. The average Bonchev–Trinajstić information content (AvgIpc) is 3.08. The van der Waals surface area contributed by atoms with E-state index < -0.39 is 19.4 Å². The van der Waals surface area contributed by atoms with Crippen molar-refractivity contribution >= 4 is 24.2 Å². The van der Waals surface area contributed by atoms with Gasteiger partial charge in [0.1, 0.15) is 11.6 Å². The van der Waals surface area contributed by atoms with Crippen molar-refractivity contribution < 1.29 is 23.1 Å². The number of aromatic nitrogens is 2. The number of nitrogen functional groups attached to an aromatic ring is 1. The van der Waals surface area contributed by atoms with E-state index in [0.29, 0.717) is 19.0 Å². The van der Waals surface area contributed by atoms with Crippen LogP contribution in [0.5, 0.6) is 5.75 Å². The van der Waals surface area contributed by atoms with Gasteiger partial charge in [0.25, 0.3) is 0 Å². The molecule has 2 atom stereocenters. The van der Waals surface area contributed by atoms with Gasteiger partial charge < -0.3 is 19.7 Å². The second-order valence-electron chi connectivity index (χ2n) is 12.8. The monoisotopic (exact) mass is 685 g/mol. The van der Waals surface area contributed by atoms with Crippen molar-refractivity contribution in [3.05, 3.63) is 65.2 Å². The van der Waals surface area contributed by atoms with Crippen LogP contribution in [0, 0.1) is 0 Å². The van der Waals surface area contributed by atoms with Gasteiger partial charge in [-0.2, -0.15) is 4.98 Å². The Kier molecular flexibility index (Phi) is 19.5. The minimum Gasteiger partial charge on any atom is -0.422 e. The Labute approximate surface area is 288 Å². The highest BCUT2D eigenvalue weighted by Gasteiger charge is 2.29. The summed E-state index contributed by atoms with van der Waals surface area (Å²) in [5, 5.41) is 1.80. The topological polar surface area (TPSA) is 115 Å². The third-order valence-electron chi connectivity index (χ3n) is 8.51. The van der Waals surface area contributed by atoms with Gasteiger partial charge in [0.15, 0.2) is 6.35 Å². The Morgan fingerprint density at radius 3 is 2.02 bits per heavy atom. The summed E-state index contributed by atoms with van der Waals surface area (Å²) >= 11 is 0. The van der Waals surface area contributed by atoms with Crippen LogP contribution in [-0.2, 0) is 25.1 Å². The summed E-state index contributed by atoms with van der Waals surface area (Å²) in [5.74, 6) is 0.615. The van der Waals surface area contributed by atoms with Crippen molar-refractivity contribution in [3.63, 3.8) is 0 Å². The van der Waals surface area contributed by atoms with E-state index in [9.17, 15) is 9.36 Å². The maximum Gasteiger partial charge on any atom is 0.404 e. The summed E-state index contributed by atoms with van der Waals surface area (Å²) in [4.78, 5) is 15.9. The normalized spacial score (nSPS) is 13.5. The van der Waals surface area contributed by atoms with Crippen LogP contribution in [0.2, 0.25) is 0 Å². The third-order valence-corrected chi connectivity index (χ3v) is 10.0. The molecule has 0 bridgehead atoms. The molecule has 10 heteroatoms. The van der Waals surface area contributed by atoms with Gasteiger partial charge >= 0.3 is 13.3 Å². The molecule has 2 N–H and O–H groups in total. The fourth-order valence-corrected chi connectivity index (χ4v) is 7.16. The quantitative estimate of drug-likeness (QED) is 0.0593. The molecule has 3 rings (SSSR count). The minimum absolute atomic E-state index is 0.111. The summed E-state index contributed by atoms with van der Waals surface area (Å²) in [5.41, 5.74) is 5.12. The van der Waals surface area contributed by atoms with Gasteiger partial charge in [-0.15, -0.1) is 0 Å². The molecule has 0 fully saturated rings. The van der Waals surface area contributed by atoms with Gasteiger partial charge in [-0.25, -0.2) is 9.36 Å². The molecule has 0 spiro atoms. The molecule has 0 aliphatic heterocycles. The van der Waals surface area contributed by atoms with Crippen molar-refractivity contribution in [1.29, 1.82) is 0 Å². The van der Waals surface area contributed by atoms with Crippen LogP contribution in [-0.4, -0.2) is 41.8 Å². The molecular formula is C38H60N3O6P. The van der Waals surface area contributed by atoms with Crippen LogP contribution < -0.4 is 15.9 Å². The lowest BCUT2D eigenvalue weighted by Gasteiger charge is -2.22. The number of nitrogens with two attached hydrogens (primary N) is 1. The zero-order valence-electron chi connectivity index (χ0n) is 29.5. The molecule has 0 radical (unpaired) electrons. The Bertz CT molecular complexity index is 1390. The van der Waals surface area contributed by atoms with Crippen LogP contribution >= 0.6 is 7.60 Å². The first kappa shape index (κ1) is 39.7. The van der Waals surface area contributed by atoms with Gasteiger partial charge in [0.2, 0.25) is 0 Å². The number of rotatable bonds is 28. The number of nitrogens with zero attached hydrogens (tertiary/aromatic N) is 2. The first-order valence-electron chi connectivity index (χ1n) is 18.3. The Morgan fingerprint density at radius 2 is 1.38 bits per heavy atom. The molecule has 1 heterocycles. The van der Waals surface area contributed by atoms with Crippen LogP contribution in [0.25, 0.3) is 10.8 Å². The molecule has 268 valence electrons. The predicted octanol–water partition coefficient (Wildman–Crippen LogP) is 9.91. The van der Waals surface area contributed by atoms with E-state index >= 15 is 0 Å². The summed E-state index contributed by atoms with van der Waals surface area (Å²) in [7, 11) is -3.74. The molecule has 0 aliphatic rings. The number of hydrogen-bond donors (Lipinski definition) is 1. The Balaban J connectivity index is 1.32. The molecule has 2 aromatic carbocycles. The van der Waals surface area contributed by atoms with Crippen molar-refractivity contribution in [1.82, 2.24) is 9.55 Å². The number of anilines is 1. The highest BCUT2D eigenvalue weighted by atomic mass is 31.2.